The third-order valence-corrected chi connectivity index (χ3v) is 8.38. The van der Waals surface area contributed by atoms with Crippen LogP contribution in [0.5, 0.6) is 0 Å². The van der Waals surface area contributed by atoms with Gasteiger partial charge in [-0.25, -0.2) is 9.78 Å². The largest absolute Gasteiger partial charge is 0.477 e. The molecule has 1 amide bonds. The van der Waals surface area contributed by atoms with Gasteiger partial charge in [0, 0.05) is 42.6 Å². The summed E-state index contributed by atoms with van der Waals surface area (Å²) in [5.74, 6) is -2.57. The second kappa shape index (κ2) is 8.89. The van der Waals surface area contributed by atoms with E-state index in [-0.39, 0.29) is 23.3 Å². The molecule has 4 N–H and O–H groups in total. The van der Waals surface area contributed by atoms with Crippen molar-refractivity contribution in [1.82, 2.24) is 19.2 Å². The molecule has 2 aromatic rings. The first-order valence-electron chi connectivity index (χ1n) is 11.9. The summed E-state index contributed by atoms with van der Waals surface area (Å²) in [5.41, 5.74) is 7.18. The van der Waals surface area contributed by atoms with Gasteiger partial charge in [0.05, 0.1) is 22.9 Å². The molecule has 2 aromatic heterocycles. The molecule has 0 unspecified atom stereocenters. The Balaban J connectivity index is 1.50. The van der Waals surface area contributed by atoms with Crippen molar-refractivity contribution in [3.63, 3.8) is 0 Å². The van der Waals surface area contributed by atoms with Crippen LogP contribution in [0.15, 0.2) is 30.0 Å². The number of thiazole rings is 1. The van der Waals surface area contributed by atoms with Gasteiger partial charge in [0.25, 0.3) is 0 Å². The number of aromatic nitrogens is 2. The van der Waals surface area contributed by atoms with Crippen LogP contribution in [0.25, 0.3) is 10.4 Å². The topological polar surface area (TPSA) is 141 Å². The molecule has 3 aliphatic heterocycles. The van der Waals surface area contributed by atoms with Gasteiger partial charge in [-0.1, -0.05) is 6.92 Å². The zero-order valence-electron chi connectivity index (χ0n) is 19.7. The molecule has 5 rings (SSSR count). The number of amides is 1. The standard InChI is InChI=1S/C24H29N5O5S/c1-12-16(20(24(33)34)29-19(12)17(13(2)30)22(29)32)15-10-28-11-26-18(23(28)35-15)21(31)14-5-3-7-27(9-14)8-4-6-25/h9-13,17,19,30H,3-8,25H2,1-2H3,(H,33,34)/t12-,13+,17+,19+/m0/s1. The van der Waals surface area contributed by atoms with Gasteiger partial charge < -0.3 is 25.7 Å². The van der Waals surface area contributed by atoms with E-state index in [1.165, 1.54) is 16.2 Å². The lowest BCUT2D eigenvalue weighted by Crippen LogP contribution is -2.63. The number of ketones is 1. The molecule has 0 saturated carbocycles. The van der Waals surface area contributed by atoms with Gasteiger partial charge in [-0.2, -0.15) is 0 Å². The molecule has 11 heteroatoms. The molecule has 5 heterocycles. The number of aliphatic hydroxyl groups excluding tert-OH is 1. The number of hydrogen-bond donors (Lipinski definition) is 3. The van der Waals surface area contributed by atoms with Gasteiger partial charge in [0.15, 0.2) is 0 Å². The van der Waals surface area contributed by atoms with Crippen molar-refractivity contribution in [2.24, 2.45) is 17.6 Å². The molecule has 186 valence electrons. The number of carbonyl (C=O) groups excluding carboxylic acids is 2. The number of imidazole rings is 1. The number of Topliss-reactive ketones (excluding diaryl/α,β-unsaturated/α-hetero) is 1. The molecule has 0 bridgehead atoms. The lowest BCUT2D eigenvalue weighted by molar-refractivity contribution is -0.163. The third kappa shape index (κ3) is 3.69. The Morgan fingerprint density at radius 1 is 1.37 bits per heavy atom. The van der Waals surface area contributed by atoms with E-state index in [2.05, 4.69) is 9.88 Å². The Labute approximate surface area is 206 Å². The molecular formula is C24H29N5O5S. The van der Waals surface area contributed by atoms with Crippen molar-refractivity contribution in [2.45, 2.75) is 45.3 Å². The summed E-state index contributed by atoms with van der Waals surface area (Å²) in [4.78, 5) is 47.3. The molecule has 3 aliphatic rings. The maximum atomic E-state index is 13.4. The smallest absolute Gasteiger partial charge is 0.352 e. The monoisotopic (exact) mass is 499 g/mol. The Kier molecular flexibility index (Phi) is 6.02. The molecule has 4 atom stereocenters. The fourth-order valence-electron chi connectivity index (χ4n) is 5.59. The number of aliphatic hydroxyl groups is 1. The Morgan fingerprint density at radius 3 is 2.83 bits per heavy atom. The zero-order valence-corrected chi connectivity index (χ0v) is 20.5. The summed E-state index contributed by atoms with van der Waals surface area (Å²) < 4.78 is 1.74. The number of carbonyl (C=O) groups is 3. The normalized spacial score (nSPS) is 25.1. The Bertz CT molecular complexity index is 1270. The fourth-order valence-corrected chi connectivity index (χ4v) is 6.80. The van der Waals surface area contributed by atoms with Gasteiger partial charge in [-0.15, -0.1) is 11.3 Å². The van der Waals surface area contributed by atoms with Crippen LogP contribution in [0.2, 0.25) is 0 Å². The summed E-state index contributed by atoms with van der Waals surface area (Å²) in [5, 5.41) is 20.0. The number of carboxylic acids is 1. The zero-order chi connectivity index (χ0) is 25.0. The number of fused-ring (bicyclic) bond motifs is 2. The van der Waals surface area contributed by atoms with Crippen molar-refractivity contribution in [1.29, 1.82) is 0 Å². The highest BCUT2D eigenvalue weighted by Crippen LogP contribution is 2.51. The van der Waals surface area contributed by atoms with Gasteiger partial charge in [-0.05, 0) is 32.7 Å². The molecular weight excluding hydrogens is 470 g/mol. The molecule has 0 spiro atoms. The van der Waals surface area contributed by atoms with E-state index in [0.29, 0.717) is 39.5 Å². The highest BCUT2D eigenvalue weighted by Gasteiger charge is 2.60. The molecule has 1 saturated heterocycles. The first-order valence-corrected chi connectivity index (χ1v) is 12.7. The van der Waals surface area contributed by atoms with E-state index in [9.17, 15) is 24.6 Å². The predicted molar refractivity (Wildman–Crippen MR) is 129 cm³/mol. The summed E-state index contributed by atoms with van der Waals surface area (Å²) in [7, 11) is 0. The summed E-state index contributed by atoms with van der Waals surface area (Å²) in [6.07, 6.45) is 6.82. The van der Waals surface area contributed by atoms with Crippen LogP contribution in [-0.2, 0) is 9.59 Å². The molecule has 0 aliphatic carbocycles. The van der Waals surface area contributed by atoms with Crippen LogP contribution >= 0.6 is 11.3 Å². The minimum atomic E-state index is -1.18. The number of carboxylic acid groups (broad SMARTS) is 1. The van der Waals surface area contributed by atoms with Gasteiger partial charge in [0.2, 0.25) is 11.7 Å². The average Bonchev–Trinajstić information content (AvgIpc) is 3.47. The quantitative estimate of drug-likeness (QED) is 0.367. The average molecular weight is 500 g/mol. The first-order chi connectivity index (χ1) is 16.7. The maximum absolute atomic E-state index is 13.4. The number of aliphatic carboxylic acids is 1. The minimum absolute atomic E-state index is 0.0414. The fraction of sp³-hybridized carbons (Fsp3) is 0.500. The highest BCUT2D eigenvalue weighted by atomic mass is 32.1. The number of allylic oxidation sites excluding steroid dienone is 1. The lowest BCUT2D eigenvalue weighted by atomic mass is 9.77. The van der Waals surface area contributed by atoms with Crippen LogP contribution in [0.4, 0.5) is 0 Å². The van der Waals surface area contributed by atoms with Crippen LogP contribution in [0.3, 0.4) is 0 Å². The molecule has 0 aromatic carbocycles. The van der Waals surface area contributed by atoms with E-state index in [1.807, 2.05) is 13.1 Å². The van der Waals surface area contributed by atoms with E-state index in [4.69, 9.17) is 5.73 Å². The SMILES string of the molecule is C[C@@H](O)[C@H]1C(=O)N2C(C(=O)O)=C(c3cn4cnc(C(=O)C5=CN(CCCN)CCC5)c4s3)[C@H](C)[C@H]12. The van der Waals surface area contributed by atoms with E-state index in [1.54, 1.807) is 23.8 Å². The van der Waals surface area contributed by atoms with E-state index >= 15 is 0 Å². The van der Waals surface area contributed by atoms with Crippen molar-refractivity contribution >= 4 is 39.4 Å². The Morgan fingerprint density at radius 2 is 2.14 bits per heavy atom. The number of nitrogens with zero attached hydrogens (tertiary/aromatic N) is 4. The van der Waals surface area contributed by atoms with Crippen molar-refractivity contribution in [3.05, 3.63) is 40.6 Å². The summed E-state index contributed by atoms with van der Waals surface area (Å²) in [6.45, 7) is 5.74. The molecule has 0 radical (unpaired) electrons. The molecule has 35 heavy (non-hydrogen) atoms. The third-order valence-electron chi connectivity index (χ3n) is 7.24. The second-order valence-corrected chi connectivity index (χ2v) is 10.5. The van der Waals surface area contributed by atoms with Gasteiger partial charge >= 0.3 is 5.97 Å². The number of nitrogens with two attached hydrogens (primary N) is 1. The van der Waals surface area contributed by atoms with Crippen LogP contribution < -0.4 is 5.73 Å². The van der Waals surface area contributed by atoms with Crippen molar-refractivity contribution in [2.75, 3.05) is 19.6 Å². The second-order valence-electron chi connectivity index (χ2n) is 9.49. The van der Waals surface area contributed by atoms with Crippen molar-refractivity contribution < 1.29 is 24.6 Å². The van der Waals surface area contributed by atoms with E-state index < -0.39 is 24.0 Å². The van der Waals surface area contributed by atoms with E-state index in [0.717, 1.165) is 25.9 Å². The molecule has 10 nitrogen and oxygen atoms in total. The summed E-state index contributed by atoms with van der Waals surface area (Å²) in [6, 6.07) is -0.392. The van der Waals surface area contributed by atoms with Gasteiger partial charge in [-0.3, -0.25) is 14.0 Å². The van der Waals surface area contributed by atoms with Crippen molar-refractivity contribution in [3.8, 4) is 0 Å². The summed E-state index contributed by atoms with van der Waals surface area (Å²) >= 11 is 1.30. The molecule has 1 fully saturated rings. The lowest BCUT2D eigenvalue weighted by Gasteiger charge is -2.46. The Hall–Kier alpha value is -3.02. The first kappa shape index (κ1) is 23.7. The van der Waals surface area contributed by atoms with Gasteiger partial charge in [0.1, 0.15) is 22.5 Å². The maximum Gasteiger partial charge on any atom is 0.352 e. The minimum Gasteiger partial charge on any atom is -0.477 e. The number of hydrogen-bond acceptors (Lipinski definition) is 8. The predicted octanol–water partition coefficient (Wildman–Crippen LogP) is 1.56. The van der Waals surface area contributed by atoms with Crippen LogP contribution in [-0.4, -0.2) is 78.8 Å². The highest BCUT2D eigenvalue weighted by molar-refractivity contribution is 7.18. The number of β-lactam (4-membered cyclic amide) rings is 1. The van der Waals surface area contributed by atoms with Crippen LogP contribution in [0.1, 0.15) is 48.5 Å². The van der Waals surface area contributed by atoms with Crippen LogP contribution in [0, 0.1) is 11.8 Å². The number of rotatable bonds is 8.